The largest absolute Gasteiger partial charge is 0.491 e. The van der Waals surface area contributed by atoms with E-state index in [0.717, 1.165) is 42.1 Å². The first kappa shape index (κ1) is 24.8. The van der Waals surface area contributed by atoms with Gasteiger partial charge >= 0.3 is 0 Å². The average molecular weight is 502 g/mol. The van der Waals surface area contributed by atoms with Crippen molar-refractivity contribution in [2.75, 3.05) is 44.3 Å². The van der Waals surface area contributed by atoms with Crippen molar-refractivity contribution in [3.05, 3.63) is 87.7 Å². The van der Waals surface area contributed by atoms with Gasteiger partial charge in [-0.3, -0.25) is 9.88 Å². The van der Waals surface area contributed by atoms with E-state index in [4.69, 9.17) is 33.0 Å². The van der Waals surface area contributed by atoms with Gasteiger partial charge in [0.2, 0.25) is 0 Å². The van der Waals surface area contributed by atoms with E-state index in [1.54, 1.807) is 12.3 Å². The van der Waals surface area contributed by atoms with E-state index >= 15 is 0 Å². The fourth-order valence-corrected chi connectivity index (χ4v) is 4.77. The molecule has 0 bridgehead atoms. The van der Waals surface area contributed by atoms with Crippen molar-refractivity contribution in [1.82, 2.24) is 9.88 Å². The van der Waals surface area contributed by atoms with Crippen LogP contribution in [0.4, 0.5) is 5.69 Å². The molecule has 180 valence electrons. The van der Waals surface area contributed by atoms with E-state index in [0.29, 0.717) is 22.3 Å². The molecule has 1 fully saturated rings. The summed E-state index contributed by atoms with van der Waals surface area (Å²) >= 11 is 12.8. The second kappa shape index (κ2) is 11.4. The van der Waals surface area contributed by atoms with Gasteiger partial charge in [0.15, 0.2) is 0 Å². The molecule has 34 heavy (non-hydrogen) atoms. The Morgan fingerprint density at radius 2 is 1.88 bits per heavy atom. The minimum Gasteiger partial charge on any atom is -0.491 e. The van der Waals surface area contributed by atoms with Crippen LogP contribution in [0, 0.1) is 6.92 Å². The van der Waals surface area contributed by atoms with Crippen molar-refractivity contribution in [3.8, 4) is 5.75 Å². The fourth-order valence-electron chi connectivity index (χ4n) is 4.36. The molecule has 0 amide bonds. The number of hydrogen-bond donors (Lipinski definition) is 2. The van der Waals surface area contributed by atoms with Gasteiger partial charge in [0.25, 0.3) is 0 Å². The van der Waals surface area contributed by atoms with Crippen LogP contribution in [-0.4, -0.2) is 59.5 Å². The molecule has 0 spiro atoms. The molecule has 0 saturated carbocycles. The lowest BCUT2D eigenvalue weighted by molar-refractivity contribution is 0.100. The van der Waals surface area contributed by atoms with Crippen LogP contribution in [0.5, 0.6) is 5.75 Å². The van der Waals surface area contributed by atoms with Gasteiger partial charge in [0.1, 0.15) is 12.4 Å². The molecule has 3 aromatic rings. The quantitative estimate of drug-likeness (QED) is 0.467. The molecule has 1 aliphatic rings. The maximum Gasteiger partial charge on any atom is 0.121 e. The number of nitrogens with zero attached hydrogens (tertiary/aromatic N) is 3. The zero-order valence-corrected chi connectivity index (χ0v) is 20.6. The lowest BCUT2D eigenvalue weighted by Gasteiger charge is -2.44. The maximum atomic E-state index is 10.9. The number of pyridine rings is 1. The molecule has 0 radical (unpaired) electrons. The first-order valence-electron chi connectivity index (χ1n) is 11.3. The Balaban J connectivity index is 1.56. The van der Waals surface area contributed by atoms with Crippen LogP contribution in [0.2, 0.25) is 10.0 Å². The molecular formula is C26H29Cl2N3O3. The van der Waals surface area contributed by atoms with Gasteiger partial charge in [0.05, 0.1) is 29.5 Å². The second-order valence-corrected chi connectivity index (χ2v) is 9.30. The summed E-state index contributed by atoms with van der Waals surface area (Å²) in [6.07, 6.45) is 1.14. The normalized spacial score (nSPS) is 17.6. The summed E-state index contributed by atoms with van der Waals surface area (Å²) in [6.45, 7) is 4.88. The third-order valence-corrected chi connectivity index (χ3v) is 6.60. The molecule has 2 heterocycles. The van der Waals surface area contributed by atoms with Crippen molar-refractivity contribution in [2.45, 2.75) is 19.1 Å². The molecule has 4 rings (SSSR count). The highest BCUT2D eigenvalue weighted by atomic mass is 35.5. The van der Waals surface area contributed by atoms with Gasteiger partial charge < -0.3 is 19.8 Å². The Morgan fingerprint density at radius 3 is 2.59 bits per heavy atom. The fraction of sp³-hybridized carbons (Fsp3) is 0.346. The summed E-state index contributed by atoms with van der Waals surface area (Å²) in [5.41, 5.74) is 3.81. The third-order valence-electron chi connectivity index (χ3n) is 6.04. The first-order chi connectivity index (χ1) is 16.4. The van der Waals surface area contributed by atoms with Crippen molar-refractivity contribution < 1.29 is 14.9 Å². The number of benzene rings is 2. The maximum absolute atomic E-state index is 10.9. The number of halogens is 2. The van der Waals surface area contributed by atoms with Crippen LogP contribution in [0.15, 0.2) is 60.8 Å². The number of anilines is 1. The topological polar surface area (TPSA) is 69.1 Å². The van der Waals surface area contributed by atoms with Gasteiger partial charge in [-0.15, -0.1) is 0 Å². The van der Waals surface area contributed by atoms with Gasteiger partial charge in [-0.1, -0.05) is 35.3 Å². The lowest BCUT2D eigenvalue weighted by atomic mass is 10.00. The Morgan fingerprint density at radius 1 is 1.09 bits per heavy atom. The molecule has 2 atom stereocenters. The predicted molar refractivity (Wildman–Crippen MR) is 136 cm³/mol. The van der Waals surface area contributed by atoms with Crippen molar-refractivity contribution in [1.29, 1.82) is 0 Å². The van der Waals surface area contributed by atoms with Crippen molar-refractivity contribution >= 4 is 28.9 Å². The minimum atomic E-state index is -0.592. The third kappa shape index (κ3) is 6.01. The minimum absolute atomic E-state index is 0.0269. The molecule has 0 unspecified atom stereocenters. The summed E-state index contributed by atoms with van der Waals surface area (Å²) < 4.78 is 5.51. The summed E-state index contributed by atoms with van der Waals surface area (Å²) in [5, 5.41) is 21.2. The van der Waals surface area contributed by atoms with E-state index < -0.39 is 6.10 Å². The highest BCUT2D eigenvalue weighted by molar-refractivity contribution is 6.33. The van der Waals surface area contributed by atoms with Gasteiger partial charge in [-0.25, -0.2) is 0 Å². The van der Waals surface area contributed by atoms with Crippen LogP contribution in [0.3, 0.4) is 0 Å². The zero-order chi connectivity index (χ0) is 24.1. The highest BCUT2D eigenvalue weighted by Crippen LogP contribution is 2.37. The number of hydrogen-bond acceptors (Lipinski definition) is 6. The molecule has 6 nitrogen and oxygen atoms in total. The zero-order valence-electron chi connectivity index (χ0n) is 19.1. The Bertz CT molecular complexity index is 1100. The summed E-state index contributed by atoms with van der Waals surface area (Å²) in [6, 6.07) is 17.3. The Kier molecular flexibility index (Phi) is 8.29. The van der Waals surface area contributed by atoms with Gasteiger partial charge in [-0.05, 0) is 54.4 Å². The van der Waals surface area contributed by atoms with Crippen molar-refractivity contribution in [2.24, 2.45) is 0 Å². The molecule has 0 aliphatic carbocycles. The monoisotopic (exact) mass is 501 g/mol. The molecule has 2 aromatic carbocycles. The molecular weight excluding hydrogens is 473 g/mol. The number of β-amino-alcohol motifs (C(OH)–C–C–N with tert-alkyl or cyclic N) is 1. The number of ether oxygens (including phenoxy) is 1. The molecule has 1 saturated heterocycles. The number of rotatable bonds is 8. The van der Waals surface area contributed by atoms with Gasteiger partial charge in [0, 0.05) is 49.2 Å². The van der Waals surface area contributed by atoms with Crippen LogP contribution < -0.4 is 9.64 Å². The smallest absolute Gasteiger partial charge is 0.121 e. The Hall–Kier alpha value is -2.35. The van der Waals surface area contributed by atoms with Crippen LogP contribution >= 0.6 is 23.2 Å². The molecule has 1 aromatic heterocycles. The number of aromatic nitrogens is 1. The lowest BCUT2D eigenvalue weighted by Crippen LogP contribution is -2.49. The standard InChI is InChI=1S/C26H29Cl2N3O3/c1-18-14-20(8-9-29-18)26(33)17-30-10-11-31(25(16-30)19-2-4-21(27)5-3-19)24-7-6-22(15-23(24)28)34-13-12-32/h2-9,14-15,25-26,32-33H,10-13,16-17H2,1H3/t25-,26+/m0/s1. The van der Waals surface area contributed by atoms with E-state index in [2.05, 4.69) is 14.8 Å². The summed E-state index contributed by atoms with van der Waals surface area (Å²) in [4.78, 5) is 8.80. The molecule has 1 aliphatic heterocycles. The highest BCUT2D eigenvalue weighted by Gasteiger charge is 2.31. The van der Waals surface area contributed by atoms with E-state index in [-0.39, 0.29) is 19.3 Å². The first-order valence-corrected chi connectivity index (χ1v) is 12.1. The van der Waals surface area contributed by atoms with Crippen LogP contribution in [0.1, 0.15) is 29.0 Å². The van der Waals surface area contributed by atoms with E-state index in [1.165, 1.54) is 0 Å². The summed E-state index contributed by atoms with van der Waals surface area (Å²) in [5.74, 6) is 0.625. The second-order valence-electron chi connectivity index (χ2n) is 8.45. The number of aryl methyl sites for hydroxylation is 1. The van der Waals surface area contributed by atoms with Crippen LogP contribution in [0.25, 0.3) is 0 Å². The van der Waals surface area contributed by atoms with E-state index in [9.17, 15) is 5.11 Å². The van der Waals surface area contributed by atoms with Crippen LogP contribution in [-0.2, 0) is 0 Å². The van der Waals surface area contributed by atoms with Crippen molar-refractivity contribution in [3.63, 3.8) is 0 Å². The number of aliphatic hydroxyl groups is 2. The number of piperazine rings is 1. The molecule has 8 heteroatoms. The van der Waals surface area contributed by atoms with Gasteiger partial charge in [-0.2, -0.15) is 0 Å². The number of aliphatic hydroxyl groups excluding tert-OH is 2. The average Bonchev–Trinajstić information content (AvgIpc) is 2.83. The summed E-state index contributed by atoms with van der Waals surface area (Å²) in [7, 11) is 0. The molecule has 2 N–H and O–H groups in total. The SMILES string of the molecule is Cc1cc([C@H](O)CN2CCN(c3ccc(OCCO)cc3Cl)[C@H](c3ccc(Cl)cc3)C2)ccn1. The Labute approximate surface area is 210 Å². The predicted octanol–water partition coefficient (Wildman–Crippen LogP) is 4.66. The van der Waals surface area contributed by atoms with E-state index in [1.807, 2.05) is 55.5 Å².